The van der Waals surface area contributed by atoms with Gasteiger partial charge in [0.15, 0.2) is 0 Å². The summed E-state index contributed by atoms with van der Waals surface area (Å²) in [5, 5.41) is 17.5. The van der Waals surface area contributed by atoms with E-state index < -0.39 is 5.97 Å². The van der Waals surface area contributed by atoms with Gasteiger partial charge < -0.3 is 10.0 Å². The molecule has 5 nitrogen and oxygen atoms in total. The van der Waals surface area contributed by atoms with Crippen molar-refractivity contribution in [2.45, 2.75) is 33.1 Å². The van der Waals surface area contributed by atoms with Crippen LogP contribution in [0.3, 0.4) is 0 Å². The highest BCUT2D eigenvalue weighted by atomic mass is 35.5. The summed E-state index contributed by atoms with van der Waals surface area (Å²) in [5.74, 6) is -0.847. The molecule has 1 atom stereocenters. The van der Waals surface area contributed by atoms with Crippen molar-refractivity contribution in [2.75, 3.05) is 25.1 Å². The van der Waals surface area contributed by atoms with Crippen LogP contribution in [0.4, 0.5) is 5.69 Å². The molecule has 2 aliphatic rings. The van der Waals surface area contributed by atoms with Crippen LogP contribution >= 0.6 is 35.1 Å². The van der Waals surface area contributed by atoms with Crippen molar-refractivity contribution in [1.29, 1.82) is 0 Å². The van der Waals surface area contributed by atoms with Crippen molar-refractivity contribution in [1.82, 2.24) is 4.90 Å². The van der Waals surface area contributed by atoms with Crippen LogP contribution in [0.15, 0.2) is 64.4 Å². The molecule has 8 heteroatoms. The van der Waals surface area contributed by atoms with Crippen molar-refractivity contribution >= 4 is 64.6 Å². The first kappa shape index (κ1) is 28.9. The van der Waals surface area contributed by atoms with E-state index in [0.717, 1.165) is 38.0 Å². The fourth-order valence-electron chi connectivity index (χ4n) is 4.48. The molecule has 0 radical (unpaired) electrons. The van der Waals surface area contributed by atoms with E-state index in [0.29, 0.717) is 6.54 Å². The van der Waals surface area contributed by atoms with Crippen LogP contribution in [0.1, 0.15) is 45.7 Å². The minimum Gasteiger partial charge on any atom is -0.481 e. The number of carbonyl (C=O) groups is 1. The molecule has 0 amide bonds. The molecule has 5 rings (SSSR count). The molecule has 37 heavy (non-hydrogen) atoms. The average molecular weight is 556 g/mol. The number of benzene rings is 1. The van der Waals surface area contributed by atoms with E-state index in [4.69, 9.17) is 0 Å². The number of fused-ring (bicyclic) bond motifs is 1. The minimum absolute atomic E-state index is 0. The number of carboxylic acids is 1. The number of hydrogen-bond donors (Lipinski definition) is 2. The number of nitrogens with zero attached hydrogens (tertiary/aromatic N) is 2. The molecule has 0 spiro atoms. The highest BCUT2D eigenvalue weighted by Gasteiger charge is 2.24. The zero-order valence-electron chi connectivity index (χ0n) is 21.2. The SMILES string of the molecule is C1=Cc2ccccc2NN=C1.Cc1ccsc1C(=CCCN1CCC[C@@H](C(=O)O)C1)c1sccc1C.Cl. The zero-order chi connectivity index (χ0) is 25.3. The molecule has 1 fully saturated rings. The first-order valence-corrected chi connectivity index (χ1v) is 14.1. The number of para-hydroxylation sites is 1. The molecule has 0 saturated carbocycles. The van der Waals surface area contributed by atoms with Crippen molar-refractivity contribution in [3.8, 4) is 0 Å². The van der Waals surface area contributed by atoms with E-state index in [9.17, 15) is 9.90 Å². The molecule has 0 aliphatic carbocycles. The number of aliphatic carboxylic acids is 1. The van der Waals surface area contributed by atoms with Gasteiger partial charge in [0.1, 0.15) is 0 Å². The van der Waals surface area contributed by atoms with Gasteiger partial charge in [-0.2, -0.15) is 5.10 Å². The maximum absolute atomic E-state index is 11.2. The molecule has 1 saturated heterocycles. The van der Waals surface area contributed by atoms with E-state index >= 15 is 0 Å². The van der Waals surface area contributed by atoms with Crippen LogP contribution in [-0.4, -0.2) is 41.8 Å². The first-order valence-electron chi connectivity index (χ1n) is 12.3. The highest BCUT2D eigenvalue weighted by Crippen LogP contribution is 2.35. The second-order valence-electron chi connectivity index (χ2n) is 9.09. The number of allylic oxidation sites excluding steroid dienone is 1. The number of rotatable bonds is 6. The Morgan fingerprint density at radius 3 is 2.49 bits per heavy atom. The third-order valence-electron chi connectivity index (χ3n) is 6.44. The summed E-state index contributed by atoms with van der Waals surface area (Å²) in [4.78, 5) is 16.2. The monoisotopic (exact) mass is 555 g/mol. The summed E-state index contributed by atoms with van der Waals surface area (Å²) in [5.41, 5.74) is 9.15. The minimum atomic E-state index is -0.649. The van der Waals surface area contributed by atoms with Gasteiger partial charge in [-0.05, 0) is 91.4 Å². The van der Waals surface area contributed by atoms with Gasteiger partial charge in [0.05, 0.1) is 11.6 Å². The fourth-order valence-corrected chi connectivity index (χ4v) is 6.49. The van der Waals surface area contributed by atoms with E-state index in [1.165, 1.54) is 32.0 Å². The Morgan fingerprint density at radius 2 is 1.84 bits per heavy atom. The third kappa shape index (κ3) is 7.89. The van der Waals surface area contributed by atoms with Crippen molar-refractivity contribution in [2.24, 2.45) is 11.0 Å². The van der Waals surface area contributed by atoms with E-state index in [1.807, 2.05) is 36.4 Å². The van der Waals surface area contributed by atoms with Gasteiger partial charge in [-0.15, -0.1) is 35.1 Å². The summed E-state index contributed by atoms with van der Waals surface area (Å²) in [6.45, 7) is 6.98. The normalized spacial score (nSPS) is 16.3. The molecule has 3 aromatic rings. The number of halogens is 1. The lowest BCUT2D eigenvalue weighted by Gasteiger charge is -2.30. The smallest absolute Gasteiger partial charge is 0.307 e. The van der Waals surface area contributed by atoms with Gasteiger partial charge in [0.25, 0.3) is 0 Å². The quantitative estimate of drug-likeness (QED) is 0.329. The number of nitrogens with one attached hydrogen (secondary N) is 1. The number of hydrogen-bond acceptors (Lipinski definition) is 6. The lowest BCUT2D eigenvalue weighted by molar-refractivity contribution is -0.143. The molecular formula is C29H34ClN3O2S2. The predicted octanol–water partition coefficient (Wildman–Crippen LogP) is 7.58. The van der Waals surface area contributed by atoms with E-state index in [2.05, 4.69) is 58.2 Å². The predicted molar refractivity (Wildman–Crippen MR) is 161 cm³/mol. The van der Waals surface area contributed by atoms with E-state index in [-0.39, 0.29) is 18.3 Å². The summed E-state index contributed by atoms with van der Waals surface area (Å²) in [6, 6.07) is 12.4. The molecular weight excluding hydrogens is 522 g/mol. The average Bonchev–Trinajstić information content (AvgIpc) is 3.42. The summed E-state index contributed by atoms with van der Waals surface area (Å²) >= 11 is 3.60. The molecule has 2 aromatic heterocycles. The van der Waals surface area contributed by atoms with Crippen molar-refractivity contribution < 1.29 is 9.90 Å². The maximum atomic E-state index is 11.2. The van der Waals surface area contributed by atoms with Crippen LogP contribution in [0, 0.1) is 19.8 Å². The Kier molecular flexibility index (Phi) is 11.1. The standard InChI is InChI=1S/C20H25NO2S2.C9H8N2.ClH/c1-14-7-11-24-18(14)17(19-15(2)8-12-25-19)6-4-10-21-9-3-5-16(13-21)20(22)23;1-2-6-9-8(4-1)5-3-7-10-11-9;/h6-8,11-12,16H,3-5,9-10,13H2,1-2H3,(H,22,23);1-7,11H;1H/t16-;;/m1../s1. The number of carboxylic acid groups (broad SMARTS) is 1. The van der Waals surface area contributed by atoms with Gasteiger partial charge in [-0.1, -0.05) is 30.4 Å². The van der Waals surface area contributed by atoms with Gasteiger partial charge in [-0.3, -0.25) is 10.2 Å². The van der Waals surface area contributed by atoms with Gasteiger partial charge >= 0.3 is 5.97 Å². The number of anilines is 1. The lowest BCUT2D eigenvalue weighted by Crippen LogP contribution is -2.39. The number of likely N-dealkylation sites (tertiary alicyclic amines) is 1. The van der Waals surface area contributed by atoms with Crippen molar-refractivity contribution in [3.63, 3.8) is 0 Å². The Labute approximate surface area is 233 Å². The zero-order valence-corrected chi connectivity index (χ0v) is 23.7. The molecule has 1 aromatic carbocycles. The second-order valence-corrected chi connectivity index (χ2v) is 10.9. The van der Waals surface area contributed by atoms with Gasteiger partial charge in [0, 0.05) is 34.6 Å². The van der Waals surface area contributed by atoms with Crippen LogP contribution < -0.4 is 5.43 Å². The summed E-state index contributed by atoms with van der Waals surface area (Å²) in [6.07, 6.45) is 10.8. The molecule has 2 aliphatic heterocycles. The topological polar surface area (TPSA) is 64.9 Å². The fraction of sp³-hybridized carbons (Fsp3) is 0.310. The Balaban J connectivity index is 0.000000264. The number of piperidine rings is 1. The van der Waals surface area contributed by atoms with Crippen LogP contribution in [-0.2, 0) is 4.79 Å². The number of hydrazone groups is 1. The lowest BCUT2D eigenvalue weighted by atomic mass is 9.98. The highest BCUT2D eigenvalue weighted by molar-refractivity contribution is 7.14. The summed E-state index contributed by atoms with van der Waals surface area (Å²) in [7, 11) is 0. The number of thiophene rings is 2. The first-order chi connectivity index (χ1) is 17.5. The molecule has 0 unspecified atom stereocenters. The largest absolute Gasteiger partial charge is 0.481 e. The number of aryl methyl sites for hydroxylation is 2. The Hall–Kier alpha value is -2.71. The third-order valence-corrected chi connectivity index (χ3v) is 8.54. The molecule has 0 bridgehead atoms. The van der Waals surface area contributed by atoms with Gasteiger partial charge in [0.2, 0.25) is 0 Å². The summed E-state index contributed by atoms with van der Waals surface area (Å²) < 4.78 is 0. The van der Waals surface area contributed by atoms with Crippen LogP contribution in [0.5, 0.6) is 0 Å². The molecule has 4 heterocycles. The second kappa shape index (κ2) is 14.3. The van der Waals surface area contributed by atoms with Gasteiger partial charge in [-0.25, -0.2) is 0 Å². The van der Waals surface area contributed by atoms with Crippen LogP contribution in [0.2, 0.25) is 0 Å². The van der Waals surface area contributed by atoms with Crippen molar-refractivity contribution in [3.05, 3.63) is 85.8 Å². The van der Waals surface area contributed by atoms with E-state index in [1.54, 1.807) is 28.9 Å². The molecule has 196 valence electrons. The Bertz CT molecular complexity index is 1220. The Morgan fingerprint density at radius 1 is 1.14 bits per heavy atom. The van der Waals surface area contributed by atoms with Crippen LogP contribution in [0.25, 0.3) is 11.6 Å². The molecule has 2 N–H and O–H groups in total. The maximum Gasteiger partial charge on any atom is 0.307 e.